The molecule has 1 aliphatic rings. The largest absolute Gasteiger partial charge is 0.497 e. The van der Waals surface area contributed by atoms with Crippen LogP contribution < -0.4 is 10.1 Å². The van der Waals surface area contributed by atoms with Crippen molar-refractivity contribution in [2.24, 2.45) is 0 Å². The number of methoxy groups -OCH3 is 2. The van der Waals surface area contributed by atoms with Crippen LogP contribution in [-0.4, -0.2) is 55.1 Å². The zero-order valence-electron chi connectivity index (χ0n) is 13.6. The minimum Gasteiger partial charge on any atom is -0.497 e. The lowest BCUT2D eigenvalue weighted by atomic mass is 10.00. The van der Waals surface area contributed by atoms with Crippen molar-refractivity contribution < 1.29 is 23.8 Å². The van der Waals surface area contributed by atoms with E-state index < -0.39 is 11.4 Å². The van der Waals surface area contributed by atoms with Gasteiger partial charge < -0.3 is 24.8 Å². The first-order chi connectivity index (χ1) is 10.9. The van der Waals surface area contributed by atoms with E-state index in [2.05, 4.69) is 5.32 Å². The second-order valence-corrected chi connectivity index (χ2v) is 5.94. The van der Waals surface area contributed by atoms with Crippen LogP contribution in [0.3, 0.4) is 0 Å². The molecule has 1 fully saturated rings. The second-order valence-electron chi connectivity index (χ2n) is 5.94. The molecular formula is C16H23FN2O4. The molecule has 2 unspecified atom stereocenters. The third-order valence-corrected chi connectivity index (χ3v) is 4.31. The van der Waals surface area contributed by atoms with Gasteiger partial charge in [0, 0.05) is 38.2 Å². The summed E-state index contributed by atoms with van der Waals surface area (Å²) in [5.41, 5.74) is -0.309. The van der Waals surface area contributed by atoms with Crippen molar-refractivity contribution in [1.82, 2.24) is 10.2 Å². The highest BCUT2D eigenvalue weighted by Gasteiger charge is 2.44. The molecule has 1 heterocycles. The van der Waals surface area contributed by atoms with E-state index in [-0.39, 0.29) is 25.3 Å². The molecule has 0 aliphatic carbocycles. The van der Waals surface area contributed by atoms with Crippen molar-refractivity contribution in [3.63, 3.8) is 0 Å². The molecule has 0 spiro atoms. The first kappa shape index (κ1) is 17.5. The number of aliphatic hydroxyl groups excluding tert-OH is 1. The third kappa shape index (κ3) is 3.73. The molecule has 0 aromatic heterocycles. The minimum atomic E-state index is -0.677. The number of aliphatic hydroxyl groups is 1. The van der Waals surface area contributed by atoms with E-state index >= 15 is 0 Å². The quantitative estimate of drug-likeness (QED) is 0.860. The molecule has 2 atom stereocenters. The van der Waals surface area contributed by atoms with Gasteiger partial charge in [-0.15, -0.1) is 0 Å². The van der Waals surface area contributed by atoms with Gasteiger partial charge in [0.1, 0.15) is 11.6 Å². The monoisotopic (exact) mass is 326 g/mol. The average molecular weight is 326 g/mol. The number of hydrogen-bond donors (Lipinski definition) is 2. The minimum absolute atomic E-state index is 0.0598. The Hall–Kier alpha value is -1.86. The van der Waals surface area contributed by atoms with Gasteiger partial charge in [-0.1, -0.05) is 6.07 Å². The van der Waals surface area contributed by atoms with E-state index in [1.807, 2.05) is 0 Å². The molecular weight excluding hydrogens is 303 g/mol. The Morgan fingerprint density at radius 3 is 2.83 bits per heavy atom. The summed E-state index contributed by atoms with van der Waals surface area (Å²) in [4.78, 5) is 13.9. The lowest BCUT2D eigenvalue weighted by Gasteiger charge is -2.33. The summed E-state index contributed by atoms with van der Waals surface area (Å²) < 4.78 is 24.1. The second kappa shape index (κ2) is 7.14. The standard InChI is InChI=1S/C16H23FN2O4/c1-16(10-20)7-13(23-3)9-19(16)15(21)18-8-11-4-5-12(22-2)6-14(11)17/h4-6,13,20H,7-10H2,1-3H3,(H,18,21). The number of halogens is 1. The summed E-state index contributed by atoms with van der Waals surface area (Å²) in [5, 5.41) is 12.3. The van der Waals surface area contributed by atoms with E-state index in [0.717, 1.165) is 0 Å². The lowest BCUT2D eigenvalue weighted by molar-refractivity contribution is 0.0948. The summed E-state index contributed by atoms with van der Waals surface area (Å²) in [6.45, 7) is 2.10. The molecule has 1 aromatic carbocycles. The highest BCUT2D eigenvalue weighted by molar-refractivity contribution is 5.75. The van der Waals surface area contributed by atoms with Crippen LogP contribution in [0.2, 0.25) is 0 Å². The third-order valence-electron chi connectivity index (χ3n) is 4.31. The van der Waals surface area contributed by atoms with Crippen molar-refractivity contribution in [1.29, 1.82) is 0 Å². The van der Waals surface area contributed by atoms with Crippen molar-refractivity contribution >= 4 is 6.03 Å². The number of ether oxygens (including phenoxy) is 2. The van der Waals surface area contributed by atoms with Crippen LogP contribution in [0.1, 0.15) is 18.9 Å². The van der Waals surface area contributed by atoms with Gasteiger partial charge in [0.15, 0.2) is 0 Å². The molecule has 1 aliphatic heterocycles. The topological polar surface area (TPSA) is 71.0 Å². The number of hydrogen-bond acceptors (Lipinski definition) is 4. The van der Waals surface area contributed by atoms with Crippen molar-refractivity contribution in [2.45, 2.75) is 31.5 Å². The Bertz CT molecular complexity index is 569. The van der Waals surface area contributed by atoms with Gasteiger partial charge in [0.2, 0.25) is 0 Å². The van der Waals surface area contributed by atoms with E-state index in [0.29, 0.717) is 24.3 Å². The number of nitrogens with zero attached hydrogens (tertiary/aromatic N) is 1. The first-order valence-electron chi connectivity index (χ1n) is 7.45. The summed E-state index contributed by atoms with van der Waals surface area (Å²) in [6.07, 6.45) is 0.445. The van der Waals surface area contributed by atoms with Gasteiger partial charge in [0.25, 0.3) is 0 Å². The van der Waals surface area contributed by atoms with Crippen LogP contribution in [0.5, 0.6) is 5.75 Å². The van der Waals surface area contributed by atoms with Gasteiger partial charge in [-0.3, -0.25) is 0 Å². The van der Waals surface area contributed by atoms with Crippen LogP contribution in [-0.2, 0) is 11.3 Å². The van der Waals surface area contributed by atoms with E-state index in [4.69, 9.17) is 9.47 Å². The molecule has 2 amide bonds. The average Bonchev–Trinajstić information content (AvgIpc) is 2.91. The first-order valence-corrected chi connectivity index (χ1v) is 7.45. The van der Waals surface area contributed by atoms with E-state index in [1.165, 1.54) is 13.2 Å². The molecule has 23 heavy (non-hydrogen) atoms. The van der Waals surface area contributed by atoms with Gasteiger partial charge in [-0.25, -0.2) is 9.18 Å². The molecule has 1 aromatic rings. The SMILES string of the molecule is COc1ccc(CNC(=O)N2CC(OC)CC2(C)CO)c(F)c1. The number of carbonyl (C=O) groups excluding carboxylic acids is 1. The fourth-order valence-electron chi connectivity index (χ4n) is 2.79. The molecule has 7 heteroatoms. The Morgan fingerprint density at radius 2 is 2.26 bits per heavy atom. The Labute approximate surface area is 135 Å². The van der Waals surface area contributed by atoms with Crippen molar-refractivity contribution in [3.05, 3.63) is 29.6 Å². The smallest absolute Gasteiger partial charge is 0.318 e. The number of carbonyl (C=O) groups is 1. The lowest BCUT2D eigenvalue weighted by Crippen LogP contribution is -2.51. The molecule has 6 nitrogen and oxygen atoms in total. The molecule has 0 bridgehead atoms. The van der Waals surface area contributed by atoms with E-state index in [9.17, 15) is 14.3 Å². The fraction of sp³-hybridized carbons (Fsp3) is 0.562. The molecule has 1 saturated heterocycles. The van der Waals surface area contributed by atoms with Gasteiger partial charge in [0.05, 0.1) is 25.4 Å². The maximum Gasteiger partial charge on any atom is 0.318 e. The Balaban J connectivity index is 2.01. The highest BCUT2D eigenvalue weighted by atomic mass is 19.1. The van der Waals surface area contributed by atoms with Crippen LogP contribution >= 0.6 is 0 Å². The van der Waals surface area contributed by atoms with Crippen LogP contribution in [0.4, 0.5) is 9.18 Å². The van der Waals surface area contributed by atoms with Crippen LogP contribution in [0.25, 0.3) is 0 Å². The molecule has 2 rings (SSSR count). The number of amides is 2. The van der Waals surface area contributed by atoms with Crippen LogP contribution in [0, 0.1) is 5.82 Å². The fourth-order valence-corrected chi connectivity index (χ4v) is 2.79. The maximum atomic E-state index is 13.9. The number of rotatable bonds is 5. The predicted octanol–water partition coefficient (Wildman–Crippen LogP) is 1.52. The van der Waals surface area contributed by atoms with Crippen molar-refractivity contribution in [3.8, 4) is 5.75 Å². The summed E-state index contributed by atoms with van der Waals surface area (Å²) in [5.74, 6) is -0.0151. The molecule has 128 valence electrons. The molecule has 0 radical (unpaired) electrons. The van der Waals surface area contributed by atoms with Gasteiger partial charge in [-0.2, -0.15) is 0 Å². The number of urea groups is 1. The number of nitrogens with one attached hydrogen (secondary N) is 1. The summed E-state index contributed by atoms with van der Waals surface area (Å²) >= 11 is 0. The maximum absolute atomic E-state index is 13.9. The zero-order valence-corrected chi connectivity index (χ0v) is 13.6. The highest BCUT2D eigenvalue weighted by Crippen LogP contribution is 2.30. The van der Waals surface area contributed by atoms with Gasteiger partial charge >= 0.3 is 6.03 Å². The molecule has 0 saturated carbocycles. The zero-order chi connectivity index (χ0) is 17.0. The van der Waals surface area contributed by atoms with Crippen LogP contribution in [0.15, 0.2) is 18.2 Å². The Morgan fingerprint density at radius 1 is 1.52 bits per heavy atom. The van der Waals surface area contributed by atoms with Crippen molar-refractivity contribution in [2.75, 3.05) is 27.4 Å². The predicted molar refractivity (Wildman–Crippen MR) is 82.8 cm³/mol. The van der Waals surface area contributed by atoms with Gasteiger partial charge in [-0.05, 0) is 13.0 Å². The normalized spacial score (nSPS) is 23.9. The van der Waals surface area contributed by atoms with E-state index in [1.54, 1.807) is 31.1 Å². The summed E-state index contributed by atoms with van der Waals surface area (Å²) in [6, 6.07) is 4.13. The Kier molecular flexibility index (Phi) is 5.43. The molecule has 2 N–H and O–H groups in total. The number of benzene rings is 1. The summed E-state index contributed by atoms with van der Waals surface area (Å²) in [7, 11) is 3.04. The number of likely N-dealkylation sites (tertiary alicyclic amines) is 1.